The molecule has 1 aliphatic rings. The molecule has 1 aromatic heterocycles. The Bertz CT molecular complexity index is 1030. The van der Waals surface area contributed by atoms with Gasteiger partial charge in [0.1, 0.15) is 0 Å². The Labute approximate surface area is 166 Å². The number of aromatic nitrogens is 2. The number of nitrogens with zero attached hydrogens (tertiary/aromatic N) is 1. The van der Waals surface area contributed by atoms with Crippen molar-refractivity contribution in [2.75, 3.05) is 12.4 Å². The number of imidazole rings is 1. The maximum absolute atomic E-state index is 12.8. The van der Waals surface area contributed by atoms with Crippen molar-refractivity contribution < 1.29 is 23.0 Å². The summed E-state index contributed by atoms with van der Waals surface area (Å²) in [4.78, 5) is 19.0. The third kappa shape index (κ3) is 4.16. The minimum absolute atomic E-state index is 0.154. The number of hydrogen-bond acceptors (Lipinski definition) is 4. The van der Waals surface area contributed by atoms with Gasteiger partial charge in [0.15, 0.2) is 17.3 Å². The lowest BCUT2D eigenvalue weighted by Crippen LogP contribution is -2.14. The van der Waals surface area contributed by atoms with Crippen molar-refractivity contribution in [3.8, 4) is 11.5 Å². The highest BCUT2D eigenvalue weighted by atomic mass is 19.3. The van der Waals surface area contributed by atoms with Crippen LogP contribution < -0.4 is 14.8 Å². The van der Waals surface area contributed by atoms with Gasteiger partial charge in [0.05, 0.1) is 24.2 Å². The maximum atomic E-state index is 12.8. The molecule has 0 saturated heterocycles. The molecule has 2 N–H and O–H groups in total. The fourth-order valence-electron chi connectivity index (χ4n) is 3.51. The second-order valence-electron chi connectivity index (χ2n) is 7.00. The number of amides is 1. The van der Waals surface area contributed by atoms with E-state index in [0.29, 0.717) is 33.8 Å². The topological polar surface area (TPSA) is 76.2 Å². The van der Waals surface area contributed by atoms with Crippen molar-refractivity contribution in [3.05, 3.63) is 47.8 Å². The summed E-state index contributed by atoms with van der Waals surface area (Å²) in [5, 5.41) is 2.81. The van der Waals surface area contributed by atoms with Gasteiger partial charge >= 0.3 is 0 Å². The van der Waals surface area contributed by atoms with Gasteiger partial charge in [0.2, 0.25) is 0 Å². The second kappa shape index (κ2) is 8.06. The van der Waals surface area contributed by atoms with E-state index in [-0.39, 0.29) is 12.0 Å². The average Bonchev–Trinajstić information content (AvgIpc) is 3.37. The van der Waals surface area contributed by atoms with Gasteiger partial charge in [-0.15, -0.1) is 0 Å². The minimum atomic E-state index is -2.70. The number of H-pyrrole nitrogens is 1. The molecule has 1 aliphatic carbocycles. The molecule has 29 heavy (non-hydrogen) atoms. The summed E-state index contributed by atoms with van der Waals surface area (Å²) in [7, 11) is 1.57. The van der Waals surface area contributed by atoms with E-state index in [0.717, 1.165) is 25.7 Å². The third-order valence-electron chi connectivity index (χ3n) is 4.99. The van der Waals surface area contributed by atoms with Crippen LogP contribution in [0.25, 0.3) is 11.0 Å². The van der Waals surface area contributed by atoms with Crippen LogP contribution in [0.3, 0.4) is 0 Å². The summed E-state index contributed by atoms with van der Waals surface area (Å²) in [5.74, 6) is 0.412. The molecule has 2 aromatic carbocycles. The molecule has 0 bridgehead atoms. The van der Waals surface area contributed by atoms with Crippen LogP contribution in [-0.4, -0.2) is 29.1 Å². The fourth-order valence-corrected chi connectivity index (χ4v) is 3.51. The quantitative estimate of drug-likeness (QED) is 0.604. The number of hydrogen-bond donors (Lipinski definition) is 2. The minimum Gasteiger partial charge on any atom is -0.493 e. The molecule has 152 valence electrons. The predicted octanol–water partition coefficient (Wildman–Crippen LogP) is 5.08. The summed E-state index contributed by atoms with van der Waals surface area (Å²) in [6, 6.07) is 9.79. The number of carbonyl (C=O) groups is 1. The number of alkyl halides is 2. The maximum Gasteiger partial charge on any atom is 0.295 e. The van der Waals surface area contributed by atoms with E-state index in [4.69, 9.17) is 9.47 Å². The van der Waals surface area contributed by atoms with E-state index in [9.17, 15) is 13.6 Å². The van der Waals surface area contributed by atoms with Gasteiger partial charge < -0.3 is 19.8 Å². The summed E-state index contributed by atoms with van der Waals surface area (Å²) in [6.45, 7) is 0. The molecule has 0 unspecified atom stereocenters. The van der Waals surface area contributed by atoms with Crippen LogP contribution in [0.5, 0.6) is 11.5 Å². The molecule has 1 saturated carbocycles. The number of rotatable bonds is 6. The molecule has 3 aromatic rings. The van der Waals surface area contributed by atoms with Crippen LogP contribution in [-0.2, 0) is 0 Å². The number of aromatic amines is 1. The van der Waals surface area contributed by atoms with E-state index in [1.807, 2.05) is 0 Å². The van der Waals surface area contributed by atoms with Crippen molar-refractivity contribution in [2.24, 2.45) is 0 Å². The van der Waals surface area contributed by atoms with Crippen LogP contribution in [0.15, 0.2) is 36.4 Å². The molecular weight excluding hydrogens is 380 g/mol. The van der Waals surface area contributed by atoms with Gasteiger partial charge in [0.25, 0.3) is 12.3 Å². The van der Waals surface area contributed by atoms with Crippen LogP contribution in [0.2, 0.25) is 0 Å². The largest absolute Gasteiger partial charge is 0.493 e. The lowest BCUT2D eigenvalue weighted by molar-refractivity contribution is 0.102. The van der Waals surface area contributed by atoms with Crippen LogP contribution in [0, 0.1) is 0 Å². The molecule has 4 rings (SSSR count). The Kier molecular flexibility index (Phi) is 5.33. The number of nitrogens with one attached hydrogen (secondary N) is 2. The van der Waals surface area contributed by atoms with E-state index in [1.165, 1.54) is 12.1 Å². The Balaban J connectivity index is 1.53. The van der Waals surface area contributed by atoms with Crippen molar-refractivity contribution in [3.63, 3.8) is 0 Å². The first-order chi connectivity index (χ1) is 14.0. The number of methoxy groups -OCH3 is 1. The van der Waals surface area contributed by atoms with E-state index < -0.39 is 12.2 Å². The van der Waals surface area contributed by atoms with Crippen LogP contribution >= 0.6 is 0 Å². The molecule has 6 nitrogen and oxygen atoms in total. The summed E-state index contributed by atoms with van der Waals surface area (Å²) >= 11 is 0. The second-order valence-corrected chi connectivity index (χ2v) is 7.00. The number of anilines is 1. The molecule has 0 spiro atoms. The zero-order valence-corrected chi connectivity index (χ0v) is 15.9. The van der Waals surface area contributed by atoms with Gasteiger partial charge in [-0.3, -0.25) is 4.79 Å². The van der Waals surface area contributed by atoms with Gasteiger partial charge in [-0.2, -0.15) is 0 Å². The van der Waals surface area contributed by atoms with Gasteiger partial charge in [-0.25, -0.2) is 13.8 Å². The zero-order valence-electron chi connectivity index (χ0n) is 15.9. The predicted molar refractivity (Wildman–Crippen MR) is 105 cm³/mol. The first kappa shape index (κ1) is 19.2. The normalized spacial score (nSPS) is 14.5. The number of carbonyl (C=O) groups excluding carboxylic acids is 1. The monoisotopic (exact) mass is 401 g/mol. The molecule has 0 atom stereocenters. The Hall–Kier alpha value is -3.16. The molecule has 1 fully saturated rings. The summed E-state index contributed by atoms with van der Waals surface area (Å²) in [6.07, 6.45) is 1.76. The molecular formula is C21H21F2N3O3. The van der Waals surface area contributed by atoms with E-state index in [2.05, 4.69) is 15.3 Å². The number of fused-ring (bicyclic) bond motifs is 1. The lowest BCUT2D eigenvalue weighted by atomic mass is 10.2. The molecule has 0 aliphatic heterocycles. The Morgan fingerprint density at radius 1 is 1.17 bits per heavy atom. The van der Waals surface area contributed by atoms with Gasteiger partial charge in [0, 0.05) is 17.3 Å². The number of ether oxygens (including phenoxy) is 2. The average molecular weight is 401 g/mol. The van der Waals surface area contributed by atoms with Crippen molar-refractivity contribution in [2.45, 2.75) is 38.2 Å². The fraction of sp³-hybridized carbons (Fsp3) is 0.333. The van der Waals surface area contributed by atoms with Crippen LogP contribution in [0.4, 0.5) is 14.5 Å². The SMILES string of the molecule is COc1ccc(NC(=O)c2ccc3nc(C(F)F)[nH]c3c2)cc1OC1CCCC1. The highest BCUT2D eigenvalue weighted by molar-refractivity contribution is 6.06. The Morgan fingerprint density at radius 2 is 1.97 bits per heavy atom. The van der Waals surface area contributed by atoms with Crippen molar-refractivity contribution in [1.82, 2.24) is 9.97 Å². The number of benzene rings is 2. The standard InChI is InChI=1S/C21H21F2N3O3/c1-28-17-9-7-13(11-18(17)29-14-4-2-3-5-14)24-21(27)12-6-8-15-16(10-12)26-20(25-15)19(22)23/h6-11,14,19H,2-5H2,1H3,(H,24,27)(H,25,26). The summed E-state index contributed by atoms with van der Waals surface area (Å²) < 4.78 is 37.0. The molecule has 1 amide bonds. The third-order valence-corrected chi connectivity index (χ3v) is 4.99. The summed E-state index contributed by atoms with van der Waals surface area (Å²) in [5.41, 5.74) is 1.65. The molecule has 1 heterocycles. The smallest absolute Gasteiger partial charge is 0.295 e. The van der Waals surface area contributed by atoms with Gasteiger partial charge in [-0.1, -0.05) is 0 Å². The van der Waals surface area contributed by atoms with E-state index in [1.54, 1.807) is 31.4 Å². The lowest BCUT2D eigenvalue weighted by Gasteiger charge is -2.17. The Morgan fingerprint density at radius 3 is 2.69 bits per heavy atom. The zero-order chi connectivity index (χ0) is 20.4. The van der Waals surface area contributed by atoms with Crippen molar-refractivity contribution in [1.29, 1.82) is 0 Å². The van der Waals surface area contributed by atoms with Crippen molar-refractivity contribution >= 4 is 22.6 Å². The van der Waals surface area contributed by atoms with Crippen LogP contribution in [0.1, 0.15) is 48.3 Å². The first-order valence-electron chi connectivity index (χ1n) is 9.47. The molecule has 0 radical (unpaired) electrons. The van der Waals surface area contributed by atoms with E-state index >= 15 is 0 Å². The highest BCUT2D eigenvalue weighted by Crippen LogP contribution is 2.34. The highest BCUT2D eigenvalue weighted by Gasteiger charge is 2.19. The molecule has 8 heteroatoms. The number of halogens is 2. The first-order valence-corrected chi connectivity index (χ1v) is 9.47. The van der Waals surface area contributed by atoms with Gasteiger partial charge in [-0.05, 0) is 56.0 Å².